The predicted octanol–water partition coefficient (Wildman–Crippen LogP) is 2.05. The van der Waals surface area contributed by atoms with E-state index >= 15 is 0 Å². The molecule has 0 atom stereocenters. The SMILES string of the molecule is COC(=O)c1ccnc(NCOC(C)(C)C)c1. The van der Waals surface area contributed by atoms with E-state index in [-0.39, 0.29) is 11.6 Å². The van der Waals surface area contributed by atoms with Crippen molar-refractivity contribution in [1.82, 2.24) is 4.98 Å². The summed E-state index contributed by atoms with van der Waals surface area (Å²) in [4.78, 5) is 15.4. The van der Waals surface area contributed by atoms with E-state index in [4.69, 9.17) is 4.74 Å². The molecule has 0 aromatic carbocycles. The number of carbonyl (C=O) groups is 1. The minimum absolute atomic E-state index is 0.215. The summed E-state index contributed by atoms with van der Waals surface area (Å²) in [7, 11) is 1.35. The summed E-state index contributed by atoms with van der Waals surface area (Å²) < 4.78 is 10.1. The number of nitrogens with zero attached hydrogens (tertiary/aromatic N) is 1. The summed E-state index contributed by atoms with van der Waals surface area (Å²) in [6.45, 7) is 6.23. The van der Waals surface area contributed by atoms with Crippen LogP contribution in [0.4, 0.5) is 5.82 Å². The van der Waals surface area contributed by atoms with Crippen molar-refractivity contribution < 1.29 is 14.3 Å². The van der Waals surface area contributed by atoms with Crippen LogP contribution in [0.3, 0.4) is 0 Å². The summed E-state index contributed by atoms with van der Waals surface area (Å²) >= 11 is 0. The van der Waals surface area contributed by atoms with Gasteiger partial charge in [0.1, 0.15) is 12.5 Å². The number of ether oxygens (including phenoxy) is 2. The van der Waals surface area contributed by atoms with Crippen molar-refractivity contribution in [3.05, 3.63) is 23.9 Å². The van der Waals surface area contributed by atoms with Crippen molar-refractivity contribution in [3.8, 4) is 0 Å². The molecule has 17 heavy (non-hydrogen) atoms. The molecular weight excluding hydrogens is 220 g/mol. The van der Waals surface area contributed by atoms with Gasteiger partial charge in [-0.05, 0) is 32.9 Å². The predicted molar refractivity (Wildman–Crippen MR) is 64.9 cm³/mol. The molecular formula is C12H18N2O3. The van der Waals surface area contributed by atoms with E-state index in [0.717, 1.165) is 0 Å². The quantitative estimate of drug-likeness (QED) is 0.642. The van der Waals surface area contributed by atoms with Gasteiger partial charge in [0.2, 0.25) is 0 Å². The van der Waals surface area contributed by atoms with Crippen LogP contribution in [0.1, 0.15) is 31.1 Å². The average Bonchev–Trinajstić information content (AvgIpc) is 2.27. The fraction of sp³-hybridized carbons (Fsp3) is 0.500. The number of methoxy groups -OCH3 is 1. The van der Waals surface area contributed by atoms with Crippen LogP contribution >= 0.6 is 0 Å². The lowest BCUT2D eigenvalue weighted by molar-refractivity contribution is 0.00832. The van der Waals surface area contributed by atoms with Crippen molar-refractivity contribution in [3.63, 3.8) is 0 Å². The second kappa shape index (κ2) is 5.63. The molecule has 1 heterocycles. The van der Waals surface area contributed by atoms with E-state index in [9.17, 15) is 4.79 Å². The molecule has 0 unspecified atom stereocenters. The monoisotopic (exact) mass is 238 g/mol. The number of hydrogen-bond acceptors (Lipinski definition) is 5. The third-order valence-corrected chi connectivity index (χ3v) is 1.94. The van der Waals surface area contributed by atoms with Crippen LogP contribution in [0.15, 0.2) is 18.3 Å². The van der Waals surface area contributed by atoms with E-state index < -0.39 is 0 Å². The van der Waals surface area contributed by atoms with Crippen LogP contribution < -0.4 is 5.32 Å². The third kappa shape index (κ3) is 4.82. The molecule has 0 saturated carbocycles. The molecule has 0 aliphatic heterocycles. The lowest BCUT2D eigenvalue weighted by Crippen LogP contribution is -2.23. The molecule has 0 radical (unpaired) electrons. The summed E-state index contributed by atoms with van der Waals surface area (Å²) in [6.07, 6.45) is 1.55. The van der Waals surface area contributed by atoms with Gasteiger partial charge in [0.05, 0.1) is 18.3 Å². The molecule has 0 fully saturated rings. The van der Waals surface area contributed by atoms with E-state index in [2.05, 4.69) is 15.0 Å². The van der Waals surface area contributed by atoms with Crippen LogP contribution in [-0.2, 0) is 9.47 Å². The van der Waals surface area contributed by atoms with E-state index in [0.29, 0.717) is 18.1 Å². The van der Waals surface area contributed by atoms with Crippen LogP contribution in [0, 0.1) is 0 Å². The van der Waals surface area contributed by atoms with Gasteiger partial charge in [0.15, 0.2) is 0 Å². The van der Waals surface area contributed by atoms with Crippen molar-refractivity contribution in [2.24, 2.45) is 0 Å². The summed E-state index contributed by atoms with van der Waals surface area (Å²) in [5.41, 5.74) is 0.244. The number of pyridine rings is 1. The first-order valence-corrected chi connectivity index (χ1v) is 5.34. The number of nitrogens with one attached hydrogen (secondary N) is 1. The highest BCUT2D eigenvalue weighted by molar-refractivity contribution is 5.89. The van der Waals surface area contributed by atoms with Gasteiger partial charge in [-0.15, -0.1) is 0 Å². The minimum atomic E-state index is -0.382. The summed E-state index contributed by atoms with van der Waals surface area (Å²) in [5, 5.41) is 2.98. The maximum Gasteiger partial charge on any atom is 0.338 e. The highest BCUT2D eigenvalue weighted by atomic mass is 16.5. The highest BCUT2D eigenvalue weighted by Crippen LogP contribution is 2.10. The van der Waals surface area contributed by atoms with Gasteiger partial charge in [-0.25, -0.2) is 9.78 Å². The van der Waals surface area contributed by atoms with Crippen LogP contribution in [0.2, 0.25) is 0 Å². The zero-order chi connectivity index (χ0) is 12.9. The number of aromatic nitrogens is 1. The number of hydrogen-bond donors (Lipinski definition) is 1. The Labute approximate surface area is 101 Å². The smallest absolute Gasteiger partial charge is 0.338 e. The van der Waals surface area contributed by atoms with Crippen molar-refractivity contribution in [1.29, 1.82) is 0 Å². The normalized spacial score (nSPS) is 11.1. The van der Waals surface area contributed by atoms with E-state index in [1.165, 1.54) is 7.11 Å². The molecule has 0 spiro atoms. The maximum atomic E-state index is 11.3. The van der Waals surface area contributed by atoms with Crippen LogP contribution in [-0.4, -0.2) is 30.4 Å². The van der Waals surface area contributed by atoms with E-state index in [1.54, 1.807) is 18.3 Å². The first-order valence-electron chi connectivity index (χ1n) is 5.34. The average molecular weight is 238 g/mol. The topological polar surface area (TPSA) is 60.5 Å². The second-order valence-electron chi connectivity index (χ2n) is 4.50. The lowest BCUT2D eigenvalue weighted by Gasteiger charge is -2.19. The Balaban J connectivity index is 2.57. The molecule has 0 aliphatic carbocycles. The van der Waals surface area contributed by atoms with Gasteiger partial charge in [0, 0.05) is 6.20 Å². The first kappa shape index (κ1) is 13.4. The minimum Gasteiger partial charge on any atom is -0.465 e. The zero-order valence-electron chi connectivity index (χ0n) is 10.6. The Morgan fingerprint density at radius 3 is 2.76 bits per heavy atom. The first-order chi connectivity index (χ1) is 7.92. The van der Waals surface area contributed by atoms with Gasteiger partial charge in [0.25, 0.3) is 0 Å². The third-order valence-electron chi connectivity index (χ3n) is 1.94. The Bertz CT molecular complexity index is 386. The van der Waals surface area contributed by atoms with E-state index in [1.807, 2.05) is 20.8 Å². The van der Waals surface area contributed by atoms with Gasteiger partial charge in [-0.2, -0.15) is 0 Å². The number of rotatable bonds is 4. The highest BCUT2D eigenvalue weighted by Gasteiger charge is 2.10. The summed E-state index contributed by atoms with van der Waals surface area (Å²) in [5.74, 6) is 0.198. The Hall–Kier alpha value is -1.62. The van der Waals surface area contributed by atoms with Crippen molar-refractivity contribution in [2.45, 2.75) is 26.4 Å². The molecule has 1 N–H and O–H groups in total. The van der Waals surface area contributed by atoms with Crippen LogP contribution in [0.5, 0.6) is 0 Å². The molecule has 1 rings (SSSR count). The zero-order valence-corrected chi connectivity index (χ0v) is 10.6. The molecule has 0 bridgehead atoms. The Morgan fingerprint density at radius 1 is 1.47 bits per heavy atom. The van der Waals surface area contributed by atoms with Gasteiger partial charge < -0.3 is 14.8 Å². The van der Waals surface area contributed by atoms with Gasteiger partial charge in [-0.3, -0.25) is 0 Å². The molecule has 0 saturated heterocycles. The van der Waals surface area contributed by atoms with Crippen LogP contribution in [0.25, 0.3) is 0 Å². The van der Waals surface area contributed by atoms with Gasteiger partial charge >= 0.3 is 5.97 Å². The molecule has 1 aromatic heterocycles. The Morgan fingerprint density at radius 2 is 2.18 bits per heavy atom. The molecule has 5 nitrogen and oxygen atoms in total. The van der Waals surface area contributed by atoms with Gasteiger partial charge in [-0.1, -0.05) is 0 Å². The lowest BCUT2D eigenvalue weighted by atomic mass is 10.2. The standard InChI is InChI=1S/C12H18N2O3/c1-12(2,3)17-8-14-10-7-9(5-6-13-10)11(15)16-4/h5-7H,8H2,1-4H3,(H,13,14). The molecule has 0 amide bonds. The fourth-order valence-corrected chi connectivity index (χ4v) is 1.10. The number of anilines is 1. The molecule has 5 heteroatoms. The second-order valence-corrected chi connectivity index (χ2v) is 4.50. The van der Waals surface area contributed by atoms with Crippen molar-refractivity contribution >= 4 is 11.8 Å². The number of carbonyl (C=O) groups excluding carboxylic acids is 1. The summed E-state index contributed by atoms with van der Waals surface area (Å²) in [6, 6.07) is 3.22. The largest absolute Gasteiger partial charge is 0.465 e. The molecule has 1 aromatic rings. The molecule has 0 aliphatic rings. The Kier molecular flexibility index (Phi) is 4.45. The van der Waals surface area contributed by atoms with Crippen molar-refractivity contribution in [2.75, 3.05) is 19.2 Å². The number of esters is 1. The maximum absolute atomic E-state index is 11.3. The fourth-order valence-electron chi connectivity index (χ4n) is 1.10. The molecule has 94 valence electrons.